The SMILES string of the molecule is CCOC(=O)Cc1ccccc1.O=[PH](O)O. The number of hydrogen-bond acceptors (Lipinski definition) is 3. The zero-order valence-electron chi connectivity index (χ0n) is 8.92. The van der Waals surface area contributed by atoms with Crippen LogP contribution in [0.15, 0.2) is 30.3 Å². The predicted octanol–water partition coefficient (Wildman–Crippen LogP) is 1.15. The predicted molar refractivity (Wildman–Crippen MR) is 60.2 cm³/mol. The maximum Gasteiger partial charge on any atom is 0.314 e. The molecule has 0 spiro atoms. The fraction of sp³-hybridized carbons (Fsp3) is 0.300. The fourth-order valence-corrected chi connectivity index (χ4v) is 0.975. The number of carbonyl (C=O) groups is 1. The molecular weight excluding hydrogens is 231 g/mol. The zero-order chi connectivity index (χ0) is 12.4. The Kier molecular flexibility index (Phi) is 8.43. The van der Waals surface area contributed by atoms with Crippen molar-refractivity contribution in [1.29, 1.82) is 0 Å². The van der Waals surface area contributed by atoms with Gasteiger partial charge in [0.2, 0.25) is 0 Å². The molecule has 1 aromatic rings. The van der Waals surface area contributed by atoms with Gasteiger partial charge in [0, 0.05) is 0 Å². The quantitative estimate of drug-likeness (QED) is 0.617. The molecule has 90 valence electrons. The van der Waals surface area contributed by atoms with Gasteiger partial charge in [-0.3, -0.25) is 9.36 Å². The molecule has 0 bridgehead atoms. The maximum absolute atomic E-state index is 11.0. The molecule has 0 aliphatic carbocycles. The lowest BCUT2D eigenvalue weighted by Gasteiger charge is -2.00. The maximum atomic E-state index is 11.0. The lowest BCUT2D eigenvalue weighted by atomic mass is 10.2. The zero-order valence-corrected chi connectivity index (χ0v) is 9.92. The van der Waals surface area contributed by atoms with Crippen LogP contribution >= 0.6 is 8.25 Å². The largest absolute Gasteiger partial charge is 0.466 e. The second-order valence-electron chi connectivity index (χ2n) is 2.75. The van der Waals surface area contributed by atoms with E-state index in [1.165, 1.54) is 0 Å². The van der Waals surface area contributed by atoms with Crippen LogP contribution in [0.4, 0.5) is 0 Å². The third-order valence-corrected chi connectivity index (χ3v) is 1.50. The molecule has 1 rings (SSSR count). The second-order valence-corrected chi connectivity index (χ2v) is 3.32. The van der Waals surface area contributed by atoms with Gasteiger partial charge < -0.3 is 14.5 Å². The highest BCUT2D eigenvalue weighted by molar-refractivity contribution is 7.30. The van der Waals surface area contributed by atoms with Gasteiger partial charge >= 0.3 is 14.2 Å². The van der Waals surface area contributed by atoms with E-state index in [1.807, 2.05) is 37.3 Å². The Bertz CT molecular complexity index is 321. The van der Waals surface area contributed by atoms with Gasteiger partial charge in [-0.05, 0) is 12.5 Å². The Morgan fingerprint density at radius 1 is 1.31 bits per heavy atom. The molecule has 0 saturated carbocycles. The lowest BCUT2D eigenvalue weighted by molar-refractivity contribution is -0.142. The molecule has 0 atom stereocenters. The summed E-state index contributed by atoms with van der Waals surface area (Å²) in [5.74, 6) is -0.163. The Morgan fingerprint density at radius 2 is 1.81 bits per heavy atom. The van der Waals surface area contributed by atoms with Gasteiger partial charge in [-0.15, -0.1) is 0 Å². The summed E-state index contributed by atoms with van der Waals surface area (Å²) < 4.78 is 13.5. The molecule has 0 unspecified atom stereocenters. The average molecular weight is 246 g/mol. The molecule has 0 radical (unpaired) electrons. The number of benzene rings is 1. The summed E-state index contributed by atoms with van der Waals surface area (Å²) in [6.45, 7) is 2.26. The van der Waals surface area contributed by atoms with E-state index >= 15 is 0 Å². The van der Waals surface area contributed by atoms with Gasteiger partial charge in [-0.2, -0.15) is 0 Å². The summed E-state index contributed by atoms with van der Waals surface area (Å²) in [4.78, 5) is 25.3. The first kappa shape index (κ1) is 14.8. The number of ether oxygens (including phenoxy) is 1. The molecule has 0 aliphatic rings. The molecule has 5 nitrogen and oxygen atoms in total. The van der Waals surface area contributed by atoms with Crippen LogP contribution in [0.2, 0.25) is 0 Å². The van der Waals surface area contributed by atoms with Crippen LogP contribution in [0.3, 0.4) is 0 Å². The van der Waals surface area contributed by atoms with Crippen molar-refractivity contribution in [2.75, 3.05) is 6.61 Å². The molecule has 6 heteroatoms. The summed E-state index contributed by atoms with van der Waals surface area (Å²) in [7, 11) is -3.13. The van der Waals surface area contributed by atoms with Gasteiger partial charge in [0.25, 0.3) is 0 Å². The van der Waals surface area contributed by atoms with Crippen molar-refractivity contribution < 1.29 is 23.9 Å². The topological polar surface area (TPSA) is 83.8 Å². The van der Waals surface area contributed by atoms with Gasteiger partial charge in [-0.25, -0.2) is 0 Å². The highest BCUT2D eigenvalue weighted by atomic mass is 31.1. The van der Waals surface area contributed by atoms with Crippen molar-refractivity contribution in [3.8, 4) is 0 Å². The number of rotatable bonds is 3. The van der Waals surface area contributed by atoms with E-state index < -0.39 is 8.25 Å². The van der Waals surface area contributed by atoms with Crippen molar-refractivity contribution in [2.45, 2.75) is 13.3 Å². The molecule has 1 aromatic carbocycles. The van der Waals surface area contributed by atoms with E-state index in [9.17, 15) is 4.79 Å². The summed E-state index contributed by atoms with van der Waals surface area (Å²) >= 11 is 0. The van der Waals surface area contributed by atoms with Crippen LogP contribution in [0.25, 0.3) is 0 Å². The standard InChI is InChI=1S/C10H12O2.H3O3P/c1-2-12-10(11)8-9-6-4-3-5-7-9;1-4(2)3/h3-7H,2,8H2,1H3;4H,(H2,1,2,3). The number of carbonyl (C=O) groups excluding carboxylic acids is 1. The smallest absolute Gasteiger partial charge is 0.314 e. The molecule has 0 aromatic heterocycles. The van der Waals surface area contributed by atoms with Crippen LogP contribution < -0.4 is 0 Å². The van der Waals surface area contributed by atoms with Crippen LogP contribution in [-0.2, 0) is 20.5 Å². The number of hydrogen-bond donors (Lipinski definition) is 2. The molecule has 2 N–H and O–H groups in total. The van der Waals surface area contributed by atoms with Gasteiger partial charge in [-0.1, -0.05) is 30.3 Å². The minimum absolute atomic E-state index is 0.163. The van der Waals surface area contributed by atoms with Crippen LogP contribution in [0.5, 0.6) is 0 Å². The fourth-order valence-electron chi connectivity index (χ4n) is 0.975. The Morgan fingerprint density at radius 3 is 2.25 bits per heavy atom. The molecule has 16 heavy (non-hydrogen) atoms. The minimum Gasteiger partial charge on any atom is -0.466 e. The lowest BCUT2D eigenvalue weighted by Crippen LogP contribution is -2.06. The van der Waals surface area contributed by atoms with E-state index in [0.717, 1.165) is 5.56 Å². The second kappa shape index (κ2) is 9.09. The van der Waals surface area contributed by atoms with Crippen molar-refractivity contribution in [3.63, 3.8) is 0 Å². The summed E-state index contributed by atoms with van der Waals surface area (Å²) in [5, 5.41) is 0. The third-order valence-electron chi connectivity index (χ3n) is 1.50. The summed E-state index contributed by atoms with van der Waals surface area (Å²) in [6, 6.07) is 9.58. The molecule has 0 saturated heterocycles. The van der Waals surface area contributed by atoms with E-state index in [2.05, 4.69) is 0 Å². The van der Waals surface area contributed by atoms with E-state index in [4.69, 9.17) is 19.1 Å². The van der Waals surface area contributed by atoms with Crippen molar-refractivity contribution in [3.05, 3.63) is 35.9 Å². The van der Waals surface area contributed by atoms with Crippen molar-refractivity contribution in [1.82, 2.24) is 0 Å². The monoisotopic (exact) mass is 246 g/mol. The first-order valence-corrected chi connectivity index (χ1v) is 5.98. The first-order valence-electron chi connectivity index (χ1n) is 4.67. The van der Waals surface area contributed by atoms with Crippen molar-refractivity contribution >= 4 is 14.2 Å². The molecule has 0 aliphatic heterocycles. The van der Waals surface area contributed by atoms with E-state index in [0.29, 0.717) is 13.0 Å². The van der Waals surface area contributed by atoms with E-state index in [-0.39, 0.29) is 5.97 Å². The van der Waals surface area contributed by atoms with Crippen LogP contribution in [-0.4, -0.2) is 22.4 Å². The average Bonchev–Trinajstić information content (AvgIpc) is 2.18. The van der Waals surface area contributed by atoms with Gasteiger partial charge in [0.1, 0.15) is 0 Å². The Labute approximate surface area is 94.6 Å². The first-order chi connectivity index (χ1) is 7.56. The molecule has 0 fully saturated rings. The molecular formula is C10H15O5P. The highest BCUT2D eigenvalue weighted by Crippen LogP contribution is 2.00. The minimum atomic E-state index is -3.13. The van der Waals surface area contributed by atoms with Crippen LogP contribution in [0, 0.1) is 0 Å². The molecule has 0 amide bonds. The third kappa shape index (κ3) is 9.40. The van der Waals surface area contributed by atoms with Crippen molar-refractivity contribution in [2.24, 2.45) is 0 Å². The summed E-state index contributed by atoms with van der Waals surface area (Å²) in [5.41, 5.74) is 0.996. The Hall–Kier alpha value is -1.16. The highest BCUT2D eigenvalue weighted by Gasteiger charge is 2.01. The Balaban J connectivity index is 0.000000487. The summed E-state index contributed by atoms with van der Waals surface area (Å²) in [6.07, 6.45) is 0.370. The van der Waals surface area contributed by atoms with Gasteiger partial charge in [0.05, 0.1) is 13.0 Å². The molecule has 0 heterocycles. The normalized spacial score (nSPS) is 9.25. The van der Waals surface area contributed by atoms with E-state index in [1.54, 1.807) is 0 Å². The number of esters is 1. The van der Waals surface area contributed by atoms with Gasteiger partial charge in [0.15, 0.2) is 0 Å². The van der Waals surface area contributed by atoms with Crippen LogP contribution in [0.1, 0.15) is 12.5 Å².